The Labute approximate surface area is 107 Å². The number of carboxylic acid groups (broad SMARTS) is 1. The molecule has 4 nitrogen and oxygen atoms in total. The average molecular weight is 274 g/mol. The first-order valence-corrected chi connectivity index (χ1v) is 5.88. The van der Waals surface area contributed by atoms with E-state index in [4.69, 9.17) is 0 Å². The van der Waals surface area contributed by atoms with E-state index in [0.717, 1.165) is 31.2 Å². The number of carbonyl (C=O) groups is 1. The van der Waals surface area contributed by atoms with Crippen molar-refractivity contribution in [2.45, 2.75) is 37.4 Å². The van der Waals surface area contributed by atoms with Crippen molar-refractivity contribution in [3.63, 3.8) is 0 Å². The van der Waals surface area contributed by atoms with Crippen LogP contribution in [0.2, 0.25) is 0 Å². The lowest BCUT2D eigenvalue weighted by atomic mass is 9.98. The molecule has 104 valence electrons. The van der Waals surface area contributed by atoms with Gasteiger partial charge in [0.05, 0.1) is 5.56 Å². The summed E-state index contributed by atoms with van der Waals surface area (Å²) in [6.07, 6.45) is -1.20. The average Bonchev–Trinajstić information content (AvgIpc) is 2.78. The van der Waals surface area contributed by atoms with Crippen molar-refractivity contribution in [3.8, 4) is 0 Å². The van der Waals surface area contributed by atoms with Gasteiger partial charge in [0.25, 0.3) is 0 Å². The van der Waals surface area contributed by atoms with Gasteiger partial charge in [-0.1, -0.05) is 12.8 Å². The number of alkyl halides is 3. The molecule has 7 heteroatoms. The van der Waals surface area contributed by atoms with Crippen molar-refractivity contribution >= 4 is 11.8 Å². The van der Waals surface area contributed by atoms with Gasteiger partial charge in [-0.15, -0.1) is 0 Å². The Morgan fingerprint density at radius 3 is 2.53 bits per heavy atom. The zero-order chi connectivity index (χ0) is 14.1. The van der Waals surface area contributed by atoms with Crippen molar-refractivity contribution in [2.24, 2.45) is 0 Å². The third kappa shape index (κ3) is 2.80. The van der Waals surface area contributed by atoms with Crippen LogP contribution in [0.4, 0.5) is 19.0 Å². The van der Waals surface area contributed by atoms with E-state index in [9.17, 15) is 23.1 Å². The molecule has 0 saturated heterocycles. The number of carboxylic acids is 1. The lowest BCUT2D eigenvalue weighted by Crippen LogP contribution is -2.43. The van der Waals surface area contributed by atoms with Gasteiger partial charge in [0.1, 0.15) is 11.4 Å². The third-order valence-electron chi connectivity index (χ3n) is 3.32. The Kier molecular flexibility index (Phi) is 3.38. The molecule has 0 unspecified atom stereocenters. The lowest BCUT2D eigenvalue weighted by molar-refractivity contribution is -0.142. The number of hydrogen-bond acceptors (Lipinski definition) is 3. The minimum absolute atomic E-state index is 0.0564. The first kappa shape index (κ1) is 13.6. The monoisotopic (exact) mass is 274 g/mol. The Bertz CT molecular complexity index is 482. The van der Waals surface area contributed by atoms with E-state index in [1.165, 1.54) is 0 Å². The Hall–Kier alpha value is -1.79. The van der Waals surface area contributed by atoms with Crippen LogP contribution in [0.25, 0.3) is 0 Å². The van der Waals surface area contributed by atoms with Gasteiger partial charge >= 0.3 is 12.1 Å². The molecule has 1 fully saturated rings. The van der Waals surface area contributed by atoms with Crippen LogP contribution in [0, 0.1) is 0 Å². The summed E-state index contributed by atoms with van der Waals surface area (Å²) in [6.45, 7) is 0. The first-order chi connectivity index (χ1) is 8.83. The van der Waals surface area contributed by atoms with Gasteiger partial charge in [-0.25, -0.2) is 9.78 Å². The van der Waals surface area contributed by atoms with Crippen molar-refractivity contribution in [2.75, 3.05) is 5.32 Å². The molecule has 1 aromatic rings. The molecular weight excluding hydrogens is 261 g/mol. The molecule has 1 aromatic heterocycles. The smallest absolute Gasteiger partial charge is 0.416 e. The third-order valence-corrected chi connectivity index (χ3v) is 3.32. The number of rotatable bonds is 3. The second-order valence-electron chi connectivity index (χ2n) is 4.65. The molecule has 0 radical (unpaired) electrons. The van der Waals surface area contributed by atoms with Crippen LogP contribution in [0.3, 0.4) is 0 Å². The van der Waals surface area contributed by atoms with E-state index in [0.29, 0.717) is 12.8 Å². The highest BCUT2D eigenvalue weighted by molar-refractivity contribution is 5.82. The maximum Gasteiger partial charge on any atom is 0.416 e. The molecule has 1 aliphatic rings. The standard InChI is InChI=1S/C12H13F3N2O2/c13-12(14,15)8-3-6-16-9(7-8)17-11(10(18)19)4-1-2-5-11/h3,6-7H,1-2,4-5H2,(H,16,17)(H,18,19). The molecule has 0 bridgehead atoms. The highest BCUT2D eigenvalue weighted by atomic mass is 19.4. The first-order valence-electron chi connectivity index (χ1n) is 5.88. The molecule has 2 rings (SSSR count). The normalized spacial score (nSPS) is 18.3. The van der Waals surface area contributed by atoms with Crippen LogP contribution in [0.15, 0.2) is 18.3 Å². The largest absolute Gasteiger partial charge is 0.480 e. The molecule has 0 amide bonds. The van der Waals surface area contributed by atoms with Gasteiger partial charge in [0, 0.05) is 6.20 Å². The van der Waals surface area contributed by atoms with E-state index in [1.54, 1.807) is 0 Å². The maximum atomic E-state index is 12.6. The van der Waals surface area contributed by atoms with Crippen molar-refractivity contribution in [1.29, 1.82) is 0 Å². The Morgan fingerprint density at radius 2 is 2.00 bits per heavy atom. The molecule has 0 aromatic carbocycles. The Morgan fingerprint density at radius 1 is 1.37 bits per heavy atom. The second-order valence-corrected chi connectivity index (χ2v) is 4.65. The number of pyridine rings is 1. The SMILES string of the molecule is O=C(O)C1(Nc2cc(C(F)(F)F)ccn2)CCCC1. The molecule has 19 heavy (non-hydrogen) atoms. The van der Waals surface area contributed by atoms with Gasteiger partial charge in [0.15, 0.2) is 0 Å². The molecule has 1 saturated carbocycles. The predicted molar refractivity (Wildman–Crippen MR) is 61.7 cm³/mol. The quantitative estimate of drug-likeness (QED) is 0.889. The van der Waals surface area contributed by atoms with Gasteiger partial charge in [-0.3, -0.25) is 0 Å². The van der Waals surface area contributed by atoms with Crippen LogP contribution in [0.5, 0.6) is 0 Å². The van der Waals surface area contributed by atoms with Crippen molar-refractivity contribution in [1.82, 2.24) is 4.98 Å². The van der Waals surface area contributed by atoms with E-state index in [1.807, 2.05) is 0 Å². The number of nitrogens with zero attached hydrogens (tertiary/aromatic N) is 1. The fraction of sp³-hybridized carbons (Fsp3) is 0.500. The van der Waals surface area contributed by atoms with Crippen LogP contribution in [-0.2, 0) is 11.0 Å². The van der Waals surface area contributed by atoms with Crippen LogP contribution >= 0.6 is 0 Å². The van der Waals surface area contributed by atoms with Gasteiger partial charge in [-0.2, -0.15) is 13.2 Å². The summed E-state index contributed by atoms with van der Waals surface area (Å²) in [7, 11) is 0. The number of aromatic nitrogens is 1. The van der Waals surface area contributed by atoms with Crippen molar-refractivity contribution < 1.29 is 23.1 Å². The van der Waals surface area contributed by atoms with Crippen LogP contribution < -0.4 is 5.32 Å². The number of nitrogens with one attached hydrogen (secondary N) is 1. The van der Waals surface area contributed by atoms with Gasteiger partial charge in [0.2, 0.25) is 0 Å². The molecule has 0 atom stereocenters. The molecule has 2 N–H and O–H groups in total. The number of halogens is 3. The summed E-state index contributed by atoms with van der Waals surface area (Å²) in [6, 6.07) is 1.69. The zero-order valence-corrected chi connectivity index (χ0v) is 10.00. The van der Waals surface area contributed by atoms with E-state index >= 15 is 0 Å². The van der Waals surface area contributed by atoms with Crippen LogP contribution in [0.1, 0.15) is 31.2 Å². The highest BCUT2D eigenvalue weighted by Gasteiger charge is 2.42. The minimum atomic E-state index is -4.47. The van der Waals surface area contributed by atoms with E-state index in [-0.39, 0.29) is 5.82 Å². The number of aliphatic carboxylic acids is 1. The summed E-state index contributed by atoms with van der Waals surface area (Å²) >= 11 is 0. The fourth-order valence-electron chi connectivity index (χ4n) is 2.29. The van der Waals surface area contributed by atoms with Crippen LogP contribution in [-0.4, -0.2) is 21.6 Å². The van der Waals surface area contributed by atoms with E-state index < -0.39 is 23.2 Å². The zero-order valence-electron chi connectivity index (χ0n) is 10.00. The summed E-state index contributed by atoms with van der Waals surface area (Å²) < 4.78 is 37.7. The number of anilines is 1. The van der Waals surface area contributed by atoms with Gasteiger partial charge in [-0.05, 0) is 25.0 Å². The van der Waals surface area contributed by atoms with Gasteiger partial charge < -0.3 is 10.4 Å². The topological polar surface area (TPSA) is 62.2 Å². The summed E-state index contributed by atoms with van der Waals surface area (Å²) in [5.74, 6) is -1.11. The summed E-state index contributed by atoms with van der Waals surface area (Å²) in [5.41, 5.74) is -2.04. The second kappa shape index (κ2) is 4.71. The molecule has 0 spiro atoms. The summed E-state index contributed by atoms with van der Waals surface area (Å²) in [4.78, 5) is 15.1. The maximum absolute atomic E-state index is 12.6. The molecular formula is C12H13F3N2O2. The minimum Gasteiger partial charge on any atom is -0.480 e. The summed E-state index contributed by atoms with van der Waals surface area (Å²) in [5, 5.41) is 11.9. The van der Waals surface area contributed by atoms with E-state index in [2.05, 4.69) is 10.3 Å². The Balaban J connectivity index is 2.25. The molecule has 1 heterocycles. The molecule has 1 aliphatic carbocycles. The highest BCUT2D eigenvalue weighted by Crippen LogP contribution is 2.35. The molecule has 0 aliphatic heterocycles. The lowest BCUT2D eigenvalue weighted by Gasteiger charge is -2.26. The number of hydrogen-bond donors (Lipinski definition) is 2. The predicted octanol–water partition coefficient (Wildman–Crippen LogP) is 2.91. The fourth-order valence-corrected chi connectivity index (χ4v) is 2.29. The van der Waals surface area contributed by atoms with Crippen molar-refractivity contribution in [3.05, 3.63) is 23.9 Å².